The van der Waals surface area contributed by atoms with Crippen LogP contribution in [0.2, 0.25) is 0 Å². The molecule has 0 rings (SSSR count). The minimum Gasteiger partial charge on any atom is -0.466 e. The molecule has 0 amide bonds. The summed E-state index contributed by atoms with van der Waals surface area (Å²) >= 11 is 4.52. The number of hydrogen-bond donors (Lipinski definition) is 2. The molecule has 96 valence electrons. The van der Waals surface area contributed by atoms with Crippen LogP contribution in [0.5, 0.6) is 0 Å². The summed E-state index contributed by atoms with van der Waals surface area (Å²) in [6, 6.07) is 0. The van der Waals surface area contributed by atoms with E-state index in [4.69, 9.17) is 10.5 Å². The summed E-state index contributed by atoms with van der Waals surface area (Å²) in [5.74, 6) is -1.30. The highest BCUT2D eigenvalue weighted by Crippen LogP contribution is 1.94. The molecule has 0 unspecified atom stereocenters. The molecule has 0 aromatic carbocycles. The second-order valence-electron chi connectivity index (χ2n) is 2.74. The van der Waals surface area contributed by atoms with E-state index in [9.17, 15) is 9.59 Å². The van der Waals surface area contributed by atoms with E-state index in [0.29, 0.717) is 0 Å². The molecule has 3 N–H and O–H groups in total. The van der Waals surface area contributed by atoms with Gasteiger partial charge in [0.05, 0.1) is 19.6 Å². The SMILES string of the molecule is CCOC(=O)CC(=NNC(N)=S)C(=O)OCC. The minimum atomic E-state index is -0.718. The van der Waals surface area contributed by atoms with Crippen LogP contribution in [0, 0.1) is 0 Å². The fourth-order valence-electron chi connectivity index (χ4n) is 0.843. The van der Waals surface area contributed by atoms with Gasteiger partial charge in [-0.15, -0.1) is 0 Å². The van der Waals surface area contributed by atoms with Crippen molar-refractivity contribution < 1.29 is 19.1 Å². The maximum atomic E-state index is 11.4. The Balaban J connectivity index is 4.60. The monoisotopic (exact) mass is 261 g/mol. The Morgan fingerprint density at radius 3 is 2.35 bits per heavy atom. The number of rotatable bonds is 6. The molecule has 0 fully saturated rings. The Hall–Kier alpha value is -1.70. The molecule has 0 aromatic heterocycles. The molecule has 0 bridgehead atoms. The molecule has 0 aromatic rings. The summed E-state index contributed by atoms with van der Waals surface area (Å²) in [6.07, 6.45) is -0.303. The van der Waals surface area contributed by atoms with Gasteiger partial charge in [-0.1, -0.05) is 0 Å². The second-order valence-corrected chi connectivity index (χ2v) is 3.18. The van der Waals surface area contributed by atoms with Gasteiger partial charge < -0.3 is 15.2 Å². The van der Waals surface area contributed by atoms with Gasteiger partial charge in [-0.25, -0.2) is 4.79 Å². The van der Waals surface area contributed by atoms with Crippen LogP contribution in [0.3, 0.4) is 0 Å². The van der Waals surface area contributed by atoms with E-state index in [1.54, 1.807) is 13.8 Å². The van der Waals surface area contributed by atoms with Gasteiger partial charge in [0.15, 0.2) is 10.8 Å². The first-order valence-electron chi connectivity index (χ1n) is 4.96. The molecular weight excluding hydrogens is 246 g/mol. The van der Waals surface area contributed by atoms with Crippen molar-refractivity contribution in [1.29, 1.82) is 0 Å². The number of hydrazone groups is 1. The molecule has 0 radical (unpaired) electrons. The van der Waals surface area contributed by atoms with Gasteiger partial charge in [0.2, 0.25) is 0 Å². The van der Waals surface area contributed by atoms with E-state index in [1.165, 1.54) is 0 Å². The first-order chi connectivity index (χ1) is 8.01. The normalized spacial score (nSPS) is 10.6. The third-order valence-electron chi connectivity index (χ3n) is 1.43. The number of ether oxygens (including phenoxy) is 2. The zero-order chi connectivity index (χ0) is 13.3. The predicted octanol–water partition coefficient (Wildman–Crippen LogP) is -0.308. The van der Waals surface area contributed by atoms with Gasteiger partial charge in [0.1, 0.15) is 0 Å². The van der Waals surface area contributed by atoms with Crippen molar-refractivity contribution in [2.45, 2.75) is 20.3 Å². The summed E-state index contributed by atoms with van der Waals surface area (Å²) in [5.41, 5.74) is 7.23. The van der Waals surface area contributed by atoms with Crippen molar-refractivity contribution in [3.8, 4) is 0 Å². The number of nitrogens with one attached hydrogen (secondary N) is 1. The van der Waals surface area contributed by atoms with Crippen LogP contribution in [0.15, 0.2) is 5.10 Å². The Morgan fingerprint density at radius 1 is 1.29 bits per heavy atom. The Bertz CT molecular complexity index is 330. The highest BCUT2D eigenvalue weighted by atomic mass is 32.1. The van der Waals surface area contributed by atoms with Crippen LogP contribution >= 0.6 is 12.2 Å². The lowest BCUT2D eigenvalue weighted by atomic mass is 10.3. The van der Waals surface area contributed by atoms with Crippen LogP contribution in [-0.4, -0.2) is 36.0 Å². The molecule has 0 saturated heterocycles. The molecule has 0 saturated carbocycles. The number of carbonyl (C=O) groups excluding carboxylic acids is 2. The highest BCUT2D eigenvalue weighted by molar-refractivity contribution is 7.80. The van der Waals surface area contributed by atoms with Gasteiger partial charge >= 0.3 is 11.9 Å². The van der Waals surface area contributed by atoms with Crippen molar-refractivity contribution in [1.82, 2.24) is 5.43 Å². The molecule has 0 aliphatic carbocycles. The number of esters is 2. The molecule has 17 heavy (non-hydrogen) atoms. The molecule has 0 aliphatic rings. The van der Waals surface area contributed by atoms with E-state index in [2.05, 4.69) is 27.5 Å². The van der Waals surface area contributed by atoms with Crippen LogP contribution in [0.1, 0.15) is 20.3 Å². The van der Waals surface area contributed by atoms with Crippen LogP contribution in [-0.2, 0) is 19.1 Å². The van der Waals surface area contributed by atoms with Crippen molar-refractivity contribution in [2.75, 3.05) is 13.2 Å². The summed E-state index contributed by atoms with van der Waals surface area (Å²) in [5, 5.41) is 3.47. The van der Waals surface area contributed by atoms with Crippen molar-refractivity contribution in [3.63, 3.8) is 0 Å². The highest BCUT2D eigenvalue weighted by Gasteiger charge is 2.18. The van der Waals surface area contributed by atoms with Crippen LogP contribution in [0.25, 0.3) is 0 Å². The number of thiocarbonyl (C=S) groups is 1. The van der Waals surface area contributed by atoms with Crippen LogP contribution in [0.4, 0.5) is 0 Å². The molecule has 0 aliphatic heterocycles. The Kier molecular flexibility index (Phi) is 7.61. The van der Waals surface area contributed by atoms with Crippen molar-refractivity contribution >= 4 is 35.0 Å². The average Bonchev–Trinajstić information content (AvgIpc) is 2.24. The van der Waals surface area contributed by atoms with Gasteiger partial charge in [-0.3, -0.25) is 10.2 Å². The van der Waals surface area contributed by atoms with Crippen LogP contribution < -0.4 is 11.2 Å². The van der Waals surface area contributed by atoms with E-state index >= 15 is 0 Å². The molecule has 8 heteroatoms. The third-order valence-corrected chi connectivity index (χ3v) is 1.52. The average molecular weight is 261 g/mol. The quantitative estimate of drug-likeness (QED) is 0.292. The largest absolute Gasteiger partial charge is 0.466 e. The van der Waals surface area contributed by atoms with E-state index in [-0.39, 0.29) is 30.5 Å². The lowest BCUT2D eigenvalue weighted by Gasteiger charge is -2.06. The number of hydrogen-bond acceptors (Lipinski definition) is 6. The molecule has 0 heterocycles. The second kappa shape index (κ2) is 8.45. The Labute approximate surface area is 104 Å². The molecule has 7 nitrogen and oxygen atoms in total. The summed E-state index contributed by atoms with van der Waals surface area (Å²) in [4.78, 5) is 22.6. The fraction of sp³-hybridized carbons (Fsp3) is 0.556. The number of nitrogens with zero attached hydrogens (tertiary/aromatic N) is 1. The summed E-state index contributed by atoms with van der Waals surface area (Å²) < 4.78 is 9.40. The van der Waals surface area contributed by atoms with E-state index in [1.807, 2.05) is 0 Å². The fourth-order valence-corrected chi connectivity index (χ4v) is 0.889. The van der Waals surface area contributed by atoms with Crippen molar-refractivity contribution in [2.24, 2.45) is 10.8 Å². The maximum Gasteiger partial charge on any atom is 0.355 e. The standard InChI is InChI=1S/C9H15N3O4S/c1-3-15-7(13)5-6(8(14)16-4-2)11-12-9(10)17/h3-5H2,1-2H3,(H3,10,12,17). The summed E-state index contributed by atoms with van der Waals surface area (Å²) in [7, 11) is 0. The van der Waals surface area contributed by atoms with Gasteiger partial charge in [-0.05, 0) is 26.1 Å². The zero-order valence-corrected chi connectivity index (χ0v) is 10.5. The first kappa shape index (κ1) is 15.3. The predicted molar refractivity (Wildman–Crippen MR) is 65.2 cm³/mol. The summed E-state index contributed by atoms with van der Waals surface area (Å²) in [6.45, 7) is 3.69. The number of carbonyl (C=O) groups is 2. The van der Waals surface area contributed by atoms with E-state index in [0.717, 1.165) is 0 Å². The lowest BCUT2D eigenvalue weighted by molar-refractivity contribution is -0.143. The van der Waals surface area contributed by atoms with Gasteiger partial charge in [0.25, 0.3) is 0 Å². The third kappa shape index (κ3) is 7.23. The minimum absolute atomic E-state index is 0.115. The van der Waals surface area contributed by atoms with Crippen molar-refractivity contribution in [3.05, 3.63) is 0 Å². The molecule has 0 atom stereocenters. The Morgan fingerprint density at radius 2 is 1.88 bits per heavy atom. The van der Waals surface area contributed by atoms with E-state index < -0.39 is 11.9 Å². The van der Waals surface area contributed by atoms with Gasteiger partial charge in [0, 0.05) is 0 Å². The smallest absolute Gasteiger partial charge is 0.355 e. The number of nitrogens with two attached hydrogens (primary N) is 1. The first-order valence-corrected chi connectivity index (χ1v) is 5.36. The topological polar surface area (TPSA) is 103 Å². The maximum absolute atomic E-state index is 11.4. The van der Waals surface area contributed by atoms with Gasteiger partial charge in [-0.2, -0.15) is 5.10 Å². The molecule has 0 spiro atoms. The molecular formula is C9H15N3O4S. The zero-order valence-electron chi connectivity index (χ0n) is 9.69. The lowest BCUT2D eigenvalue weighted by Crippen LogP contribution is -2.29.